The SMILES string of the molecule is CC(C)(C)OC(=O)n1c(-c2cc(O)cc3c2C(=O)NC3)cc2cc(CN3CCCCC3)ccc21. The van der Waals surface area contributed by atoms with Gasteiger partial charge in [0, 0.05) is 24.0 Å². The largest absolute Gasteiger partial charge is 0.508 e. The first-order valence-corrected chi connectivity index (χ1v) is 11.9. The molecule has 0 spiro atoms. The Labute approximate surface area is 199 Å². The molecular weight excluding hydrogens is 430 g/mol. The number of phenols is 1. The fourth-order valence-electron chi connectivity index (χ4n) is 5.00. The zero-order valence-corrected chi connectivity index (χ0v) is 20.0. The van der Waals surface area contributed by atoms with E-state index in [1.807, 2.05) is 32.9 Å². The maximum absolute atomic E-state index is 13.4. The smallest absolute Gasteiger partial charge is 0.419 e. The minimum absolute atomic E-state index is 0.0528. The van der Waals surface area contributed by atoms with Crippen LogP contribution in [0.2, 0.25) is 0 Å². The standard InChI is InChI=1S/C27H31N3O4/c1-27(2,3)34-26(33)30-22-8-7-17(16-29-9-5-4-6-10-29)11-18(22)13-23(30)21-14-20(31)12-19-15-28-25(32)24(19)21/h7-8,11-14,31H,4-6,9-10,15-16H2,1-3H3,(H,28,32). The Morgan fingerprint density at radius 2 is 1.85 bits per heavy atom. The van der Waals surface area contributed by atoms with Crippen LogP contribution in [0.4, 0.5) is 4.79 Å². The van der Waals surface area contributed by atoms with Gasteiger partial charge in [0.05, 0.1) is 16.8 Å². The first kappa shape index (κ1) is 22.5. The average Bonchev–Trinajstić information content (AvgIpc) is 3.33. The van der Waals surface area contributed by atoms with Gasteiger partial charge in [0.1, 0.15) is 11.4 Å². The van der Waals surface area contributed by atoms with Crippen LogP contribution in [0.3, 0.4) is 0 Å². The van der Waals surface area contributed by atoms with Crippen molar-refractivity contribution >= 4 is 22.9 Å². The van der Waals surface area contributed by atoms with Crippen LogP contribution < -0.4 is 5.32 Å². The molecule has 178 valence electrons. The second kappa shape index (κ2) is 8.47. The van der Waals surface area contributed by atoms with Gasteiger partial charge in [-0.1, -0.05) is 12.5 Å². The topological polar surface area (TPSA) is 83.8 Å². The summed E-state index contributed by atoms with van der Waals surface area (Å²) < 4.78 is 7.25. The van der Waals surface area contributed by atoms with Gasteiger partial charge in [-0.3, -0.25) is 9.69 Å². The molecule has 0 aliphatic carbocycles. The lowest BCUT2D eigenvalue weighted by Gasteiger charge is -2.26. The second-order valence-corrected chi connectivity index (χ2v) is 10.3. The fraction of sp³-hybridized carbons (Fsp3) is 0.407. The number of carbonyl (C=O) groups excluding carboxylic acids is 2. The Bertz CT molecular complexity index is 1280. The fourth-order valence-corrected chi connectivity index (χ4v) is 5.00. The van der Waals surface area contributed by atoms with Gasteiger partial charge in [-0.15, -0.1) is 0 Å². The predicted molar refractivity (Wildman–Crippen MR) is 131 cm³/mol. The second-order valence-electron chi connectivity index (χ2n) is 10.3. The Morgan fingerprint density at radius 3 is 2.59 bits per heavy atom. The summed E-state index contributed by atoms with van der Waals surface area (Å²) in [6.07, 6.45) is 3.23. The van der Waals surface area contributed by atoms with E-state index in [-0.39, 0.29) is 11.7 Å². The number of rotatable bonds is 3. The molecule has 2 aromatic carbocycles. The summed E-state index contributed by atoms with van der Waals surface area (Å²) in [5.41, 5.74) is 3.46. The summed E-state index contributed by atoms with van der Waals surface area (Å²) >= 11 is 0. The van der Waals surface area contributed by atoms with Crippen LogP contribution >= 0.6 is 0 Å². The number of nitrogens with zero attached hydrogens (tertiary/aromatic N) is 2. The van der Waals surface area contributed by atoms with Gasteiger partial charge >= 0.3 is 6.09 Å². The van der Waals surface area contributed by atoms with Crippen molar-refractivity contribution in [3.63, 3.8) is 0 Å². The quantitative estimate of drug-likeness (QED) is 0.572. The Kier molecular flexibility index (Phi) is 5.60. The molecule has 2 N–H and O–H groups in total. The first-order chi connectivity index (χ1) is 16.2. The number of aromatic hydroxyl groups is 1. The zero-order valence-electron chi connectivity index (χ0n) is 20.0. The van der Waals surface area contributed by atoms with Crippen molar-refractivity contribution in [1.29, 1.82) is 0 Å². The maximum atomic E-state index is 13.4. The lowest BCUT2D eigenvalue weighted by molar-refractivity contribution is 0.0547. The van der Waals surface area contributed by atoms with E-state index in [1.165, 1.54) is 29.4 Å². The highest BCUT2D eigenvalue weighted by Gasteiger charge is 2.29. The Balaban J connectivity index is 1.65. The molecule has 5 rings (SSSR count). The van der Waals surface area contributed by atoms with Gasteiger partial charge < -0.3 is 15.2 Å². The molecule has 1 saturated heterocycles. The number of likely N-dealkylation sites (tertiary alicyclic amines) is 1. The number of hydrogen-bond acceptors (Lipinski definition) is 5. The number of hydrogen-bond donors (Lipinski definition) is 2. The molecule has 3 aromatic rings. The van der Waals surface area contributed by atoms with Crippen molar-refractivity contribution in [2.24, 2.45) is 0 Å². The zero-order chi connectivity index (χ0) is 24.0. The van der Waals surface area contributed by atoms with Crippen molar-refractivity contribution in [2.45, 2.75) is 58.7 Å². The van der Waals surface area contributed by atoms with E-state index >= 15 is 0 Å². The summed E-state index contributed by atoms with van der Waals surface area (Å²) in [5.74, 6) is -0.159. The molecule has 2 aliphatic heterocycles. The molecule has 3 heterocycles. The number of ether oxygens (including phenoxy) is 1. The molecule has 0 radical (unpaired) electrons. The number of phenolic OH excluding ortho intramolecular Hbond substituents is 1. The third-order valence-corrected chi connectivity index (χ3v) is 6.44. The lowest BCUT2D eigenvalue weighted by atomic mass is 9.99. The van der Waals surface area contributed by atoms with Crippen molar-refractivity contribution < 1.29 is 19.4 Å². The van der Waals surface area contributed by atoms with Crippen molar-refractivity contribution in [3.05, 3.63) is 53.1 Å². The van der Waals surface area contributed by atoms with Crippen molar-refractivity contribution in [1.82, 2.24) is 14.8 Å². The molecule has 1 fully saturated rings. The Morgan fingerprint density at radius 1 is 1.09 bits per heavy atom. The van der Waals surface area contributed by atoms with Gasteiger partial charge in [0.2, 0.25) is 0 Å². The number of benzene rings is 2. The lowest BCUT2D eigenvalue weighted by Crippen LogP contribution is -2.29. The van der Waals surface area contributed by atoms with E-state index in [4.69, 9.17) is 4.74 Å². The number of nitrogens with one attached hydrogen (secondary N) is 1. The van der Waals surface area contributed by atoms with Crippen LogP contribution in [0.1, 0.15) is 61.5 Å². The molecule has 34 heavy (non-hydrogen) atoms. The highest BCUT2D eigenvalue weighted by Crippen LogP contribution is 2.37. The minimum atomic E-state index is -0.683. The maximum Gasteiger partial charge on any atom is 0.419 e. The van der Waals surface area contributed by atoms with Gasteiger partial charge in [-0.05, 0) is 88.2 Å². The van der Waals surface area contributed by atoms with Crippen molar-refractivity contribution in [3.8, 4) is 17.0 Å². The number of aromatic nitrogens is 1. The predicted octanol–water partition coefficient (Wildman–Crippen LogP) is 5.03. The van der Waals surface area contributed by atoms with Gasteiger partial charge in [0.25, 0.3) is 5.91 Å². The molecule has 7 nitrogen and oxygen atoms in total. The van der Waals surface area contributed by atoms with Gasteiger partial charge in [-0.25, -0.2) is 9.36 Å². The van der Waals surface area contributed by atoms with E-state index in [1.54, 1.807) is 12.1 Å². The number of carbonyl (C=O) groups is 2. The number of fused-ring (bicyclic) bond motifs is 2. The minimum Gasteiger partial charge on any atom is -0.508 e. The van der Waals surface area contributed by atoms with Crippen LogP contribution in [0, 0.1) is 0 Å². The van der Waals surface area contributed by atoms with E-state index in [0.29, 0.717) is 34.4 Å². The van der Waals surface area contributed by atoms with Gasteiger partial charge in [-0.2, -0.15) is 0 Å². The summed E-state index contributed by atoms with van der Waals surface area (Å²) in [6.45, 7) is 8.90. The number of amides is 1. The summed E-state index contributed by atoms with van der Waals surface area (Å²) in [4.78, 5) is 28.5. The van der Waals surface area contributed by atoms with E-state index in [0.717, 1.165) is 25.0 Å². The molecule has 0 atom stereocenters. The molecule has 0 saturated carbocycles. The summed E-state index contributed by atoms with van der Waals surface area (Å²) in [5, 5.41) is 14.1. The number of piperidine rings is 1. The Hall–Kier alpha value is -3.32. The molecule has 0 unspecified atom stereocenters. The molecule has 1 aromatic heterocycles. The highest BCUT2D eigenvalue weighted by molar-refractivity contribution is 6.07. The van der Waals surface area contributed by atoms with Crippen LogP contribution in [0.15, 0.2) is 36.4 Å². The first-order valence-electron chi connectivity index (χ1n) is 11.9. The van der Waals surface area contributed by atoms with E-state index in [9.17, 15) is 14.7 Å². The van der Waals surface area contributed by atoms with Crippen LogP contribution in [0.5, 0.6) is 5.75 Å². The third-order valence-electron chi connectivity index (χ3n) is 6.44. The van der Waals surface area contributed by atoms with Gasteiger partial charge in [0.15, 0.2) is 0 Å². The normalized spacial score (nSPS) is 16.5. The van der Waals surface area contributed by atoms with Crippen molar-refractivity contribution in [2.75, 3.05) is 13.1 Å². The van der Waals surface area contributed by atoms with E-state index in [2.05, 4.69) is 22.3 Å². The summed E-state index contributed by atoms with van der Waals surface area (Å²) in [7, 11) is 0. The summed E-state index contributed by atoms with van der Waals surface area (Å²) in [6, 6.07) is 11.2. The highest BCUT2D eigenvalue weighted by atomic mass is 16.6. The molecule has 2 aliphatic rings. The molecular formula is C27H31N3O4. The third kappa shape index (κ3) is 4.28. The average molecular weight is 462 g/mol. The molecule has 0 bridgehead atoms. The molecule has 1 amide bonds. The van der Waals surface area contributed by atoms with Crippen LogP contribution in [-0.4, -0.2) is 45.3 Å². The molecule has 7 heteroatoms. The monoisotopic (exact) mass is 461 g/mol. The van der Waals surface area contributed by atoms with Crippen LogP contribution in [-0.2, 0) is 17.8 Å². The van der Waals surface area contributed by atoms with Crippen LogP contribution in [0.25, 0.3) is 22.2 Å². The van der Waals surface area contributed by atoms with E-state index < -0.39 is 11.7 Å².